The van der Waals surface area contributed by atoms with E-state index in [1.165, 1.54) is 11.9 Å². The summed E-state index contributed by atoms with van der Waals surface area (Å²) in [5.74, 6) is 1.18. The Balaban J connectivity index is 1.96. The molecule has 0 saturated carbocycles. The molecule has 3 rings (SSSR count). The first-order chi connectivity index (χ1) is 11.8. The second-order valence-corrected chi connectivity index (χ2v) is 5.28. The summed E-state index contributed by atoms with van der Waals surface area (Å²) in [6.07, 6.45) is 1.48. The molecule has 0 spiro atoms. The molecule has 5 nitrogen and oxygen atoms in total. The molecule has 2 aromatic carbocycles. The Morgan fingerprint density at radius 2 is 1.79 bits per heavy atom. The molecule has 0 saturated heterocycles. The summed E-state index contributed by atoms with van der Waals surface area (Å²) in [4.78, 5) is 13.6. The van der Waals surface area contributed by atoms with Gasteiger partial charge in [0.1, 0.15) is 11.9 Å². The Morgan fingerprint density at radius 1 is 1.12 bits per heavy atom. The average Bonchev–Trinajstić information content (AvgIpc) is 3.08. The van der Waals surface area contributed by atoms with E-state index in [1.54, 1.807) is 0 Å². The van der Waals surface area contributed by atoms with Gasteiger partial charge in [-0.2, -0.15) is 5.26 Å². The topological polar surface area (TPSA) is 68.1 Å². The van der Waals surface area contributed by atoms with Gasteiger partial charge in [-0.25, -0.2) is 9.98 Å². The van der Waals surface area contributed by atoms with Crippen molar-refractivity contribution in [2.75, 3.05) is 4.90 Å². The molecule has 0 aliphatic rings. The zero-order chi connectivity index (χ0) is 16.8. The first-order valence-electron chi connectivity index (χ1n) is 7.63. The van der Waals surface area contributed by atoms with Crippen LogP contribution in [0.4, 0.5) is 11.5 Å². The lowest BCUT2D eigenvalue weighted by Crippen LogP contribution is -2.28. The molecule has 0 aliphatic heterocycles. The van der Waals surface area contributed by atoms with Crippen LogP contribution in [-0.4, -0.2) is 15.8 Å². The predicted octanol–water partition coefficient (Wildman–Crippen LogP) is 4.04. The minimum Gasteiger partial charge on any atom is -0.334 e. The number of aromatic nitrogens is 2. The SMILES string of the molecule is C/C(=N\c1nc[nH]c1C#N)N(Cc1ccccc1)c1ccccc1. The Hall–Kier alpha value is -3.39. The van der Waals surface area contributed by atoms with Gasteiger partial charge in [-0.1, -0.05) is 48.5 Å². The van der Waals surface area contributed by atoms with Crippen molar-refractivity contribution in [1.82, 2.24) is 9.97 Å². The minimum absolute atomic E-state index is 0.363. The lowest BCUT2D eigenvalue weighted by Gasteiger charge is -2.24. The van der Waals surface area contributed by atoms with Crippen molar-refractivity contribution in [1.29, 1.82) is 5.26 Å². The van der Waals surface area contributed by atoms with E-state index in [1.807, 2.05) is 55.5 Å². The quantitative estimate of drug-likeness (QED) is 0.583. The number of hydrogen-bond acceptors (Lipinski definition) is 3. The third kappa shape index (κ3) is 3.50. The third-order valence-corrected chi connectivity index (χ3v) is 3.64. The molecule has 0 bridgehead atoms. The van der Waals surface area contributed by atoms with Gasteiger partial charge in [0.15, 0.2) is 11.5 Å². The van der Waals surface area contributed by atoms with Gasteiger partial charge in [-0.3, -0.25) is 0 Å². The number of aliphatic imine (C=N–C) groups is 1. The van der Waals surface area contributed by atoms with E-state index in [0.29, 0.717) is 18.1 Å². The highest BCUT2D eigenvalue weighted by atomic mass is 15.2. The van der Waals surface area contributed by atoms with Crippen molar-refractivity contribution >= 4 is 17.3 Å². The fourth-order valence-corrected chi connectivity index (χ4v) is 2.43. The smallest absolute Gasteiger partial charge is 0.190 e. The maximum Gasteiger partial charge on any atom is 0.190 e. The van der Waals surface area contributed by atoms with Crippen LogP contribution in [0, 0.1) is 11.3 Å². The molecule has 0 unspecified atom stereocenters. The molecule has 24 heavy (non-hydrogen) atoms. The first-order valence-corrected chi connectivity index (χ1v) is 7.63. The molecular formula is C19H17N5. The van der Waals surface area contributed by atoms with Gasteiger partial charge in [0.05, 0.1) is 6.33 Å². The van der Waals surface area contributed by atoms with Crippen molar-refractivity contribution < 1.29 is 0 Å². The van der Waals surface area contributed by atoms with E-state index in [2.05, 4.69) is 38.1 Å². The Labute approximate surface area is 140 Å². The van der Waals surface area contributed by atoms with Gasteiger partial charge < -0.3 is 9.88 Å². The molecule has 1 aromatic heterocycles. The lowest BCUT2D eigenvalue weighted by atomic mass is 10.2. The Bertz CT molecular complexity index is 860. The van der Waals surface area contributed by atoms with E-state index >= 15 is 0 Å². The lowest BCUT2D eigenvalue weighted by molar-refractivity contribution is 0.996. The number of nitrogens with one attached hydrogen (secondary N) is 1. The summed E-state index contributed by atoms with van der Waals surface area (Å²) in [7, 11) is 0. The molecule has 5 heteroatoms. The zero-order valence-electron chi connectivity index (χ0n) is 13.3. The van der Waals surface area contributed by atoms with Crippen LogP contribution in [-0.2, 0) is 6.54 Å². The molecule has 0 fully saturated rings. The monoisotopic (exact) mass is 315 g/mol. The van der Waals surface area contributed by atoms with Crippen molar-refractivity contribution in [2.24, 2.45) is 4.99 Å². The van der Waals surface area contributed by atoms with E-state index in [-0.39, 0.29) is 0 Å². The maximum atomic E-state index is 9.11. The fraction of sp³-hybridized carbons (Fsp3) is 0.105. The highest BCUT2D eigenvalue weighted by Gasteiger charge is 2.12. The van der Waals surface area contributed by atoms with Crippen molar-refractivity contribution in [3.8, 4) is 6.07 Å². The number of amidine groups is 1. The highest BCUT2D eigenvalue weighted by Crippen LogP contribution is 2.20. The van der Waals surface area contributed by atoms with Crippen molar-refractivity contribution in [3.05, 3.63) is 78.2 Å². The summed E-state index contributed by atoms with van der Waals surface area (Å²) in [5, 5.41) is 9.11. The van der Waals surface area contributed by atoms with Crippen LogP contribution < -0.4 is 4.90 Å². The summed E-state index contributed by atoms with van der Waals surface area (Å²) in [5.41, 5.74) is 2.58. The number of imidazole rings is 1. The standard InChI is InChI=1S/C19H17N5/c1-15(23-19-18(12-20)21-14-22-19)24(17-10-6-3-7-11-17)13-16-8-4-2-5-9-16/h2-11,14H,13H2,1H3,(H,21,22)/b23-15+. The van der Waals surface area contributed by atoms with E-state index in [4.69, 9.17) is 5.26 Å². The summed E-state index contributed by atoms with van der Waals surface area (Å²) < 4.78 is 0. The van der Waals surface area contributed by atoms with Crippen molar-refractivity contribution in [3.63, 3.8) is 0 Å². The molecule has 1 heterocycles. The van der Waals surface area contributed by atoms with Crippen molar-refractivity contribution in [2.45, 2.75) is 13.5 Å². The molecular weight excluding hydrogens is 298 g/mol. The van der Waals surface area contributed by atoms with Gasteiger partial charge in [0.2, 0.25) is 0 Å². The second-order valence-electron chi connectivity index (χ2n) is 5.28. The fourth-order valence-electron chi connectivity index (χ4n) is 2.43. The van der Waals surface area contributed by atoms with Gasteiger partial charge in [0, 0.05) is 12.2 Å². The summed E-state index contributed by atoms with van der Waals surface area (Å²) >= 11 is 0. The predicted molar refractivity (Wildman–Crippen MR) is 95.1 cm³/mol. The molecule has 0 aliphatic carbocycles. The molecule has 0 radical (unpaired) electrons. The Morgan fingerprint density at radius 3 is 2.46 bits per heavy atom. The number of hydrogen-bond donors (Lipinski definition) is 1. The number of nitrogens with zero attached hydrogens (tertiary/aromatic N) is 4. The van der Waals surface area contributed by atoms with E-state index in [0.717, 1.165) is 11.5 Å². The second kappa shape index (κ2) is 7.25. The molecule has 118 valence electrons. The number of para-hydroxylation sites is 1. The van der Waals surface area contributed by atoms with Gasteiger partial charge in [0.25, 0.3) is 0 Å². The van der Waals surface area contributed by atoms with Crippen LogP contribution in [0.3, 0.4) is 0 Å². The number of H-pyrrole nitrogens is 1. The summed E-state index contributed by atoms with van der Waals surface area (Å²) in [6, 6.07) is 22.3. The number of aromatic amines is 1. The molecule has 0 atom stereocenters. The van der Waals surface area contributed by atoms with Crippen LogP contribution in [0.15, 0.2) is 72.0 Å². The summed E-state index contributed by atoms with van der Waals surface area (Å²) in [6.45, 7) is 2.61. The normalized spacial score (nSPS) is 11.1. The van der Waals surface area contributed by atoms with Gasteiger partial charge in [-0.05, 0) is 24.6 Å². The van der Waals surface area contributed by atoms with Crippen LogP contribution in [0.5, 0.6) is 0 Å². The van der Waals surface area contributed by atoms with E-state index in [9.17, 15) is 0 Å². The van der Waals surface area contributed by atoms with Gasteiger partial charge >= 0.3 is 0 Å². The van der Waals surface area contributed by atoms with Crippen LogP contribution in [0.25, 0.3) is 0 Å². The molecule has 0 amide bonds. The third-order valence-electron chi connectivity index (χ3n) is 3.64. The highest BCUT2D eigenvalue weighted by molar-refractivity contribution is 5.97. The number of benzene rings is 2. The molecule has 3 aromatic rings. The number of nitriles is 1. The maximum absolute atomic E-state index is 9.11. The number of anilines is 1. The van der Waals surface area contributed by atoms with Gasteiger partial charge in [-0.15, -0.1) is 0 Å². The average molecular weight is 315 g/mol. The number of rotatable bonds is 4. The van der Waals surface area contributed by atoms with Crippen LogP contribution in [0.1, 0.15) is 18.2 Å². The van der Waals surface area contributed by atoms with Crippen LogP contribution >= 0.6 is 0 Å². The largest absolute Gasteiger partial charge is 0.334 e. The first kappa shape index (κ1) is 15.5. The van der Waals surface area contributed by atoms with Crippen LogP contribution in [0.2, 0.25) is 0 Å². The molecule has 1 N–H and O–H groups in total. The minimum atomic E-state index is 0.363. The Kier molecular flexibility index (Phi) is 4.68. The zero-order valence-corrected chi connectivity index (χ0v) is 13.3. The van der Waals surface area contributed by atoms with E-state index < -0.39 is 0 Å².